The van der Waals surface area contributed by atoms with Crippen LogP contribution in [0.1, 0.15) is 16.1 Å². The quantitative estimate of drug-likeness (QED) is 0.677. The number of carbonyl (C=O) groups excluding carboxylic acids is 1. The third-order valence-corrected chi connectivity index (χ3v) is 3.00. The second kappa shape index (κ2) is 4.69. The fraction of sp³-hybridized carbons (Fsp3) is 0.154. The minimum atomic E-state index is -0.251. The van der Waals surface area contributed by atoms with Gasteiger partial charge in [0.2, 0.25) is 5.95 Å². The Kier molecular flexibility index (Phi) is 2.86. The van der Waals surface area contributed by atoms with Crippen LogP contribution in [0.5, 0.6) is 6.01 Å². The Hall–Kier alpha value is -2.83. The van der Waals surface area contributed by atoms with E-state index in [4.69, 9.17) is 4.74 Å². The number of benzene rings is 1. The number of aromatic nitrogens is 4. The maximum Gasteiger partial charge on any atom is 0.336 e. The van der Waals surface area contributed by atoms with Gasteiger partial charge in [-0.15, -0.1) is 5.10 Å². The van der Waals surface area contributed by atoms with Crippen molar-refractivity contribution < 1.29 is 9.53 Å². The molecule has 0 unspecified atom stereocenters. The molecule has 1 aromatic carbocycles. The summed E-state index contributed by atoms with van der Waals surface area (Å²) in [6.45, 7) is 1.86. The van der Waals surface area contributed by atoms with Crippen molar-refractivity contribution in [1.29, 1.82) is 0 Å². The van der Waals surface area contributed by atoms with Gasteiger partial charge in [-0.05, 0) is 13.0 Å². The number of amides is 1. The summed E-state index contributed by atoms with van der Waals surface area (Å²) in [6.07, 6.45) is 0. The lowest BCUT2D eigenvalue weighted by molar-refractivity contribution is 0.102. The molecular weight excluding hydrogens is 258 g/mol. The van der Waals surface area contributed by atoms with Crippen LogP contribution in [-0.4, -0.2) is 33.2 Å². The first-order chi connectivity index (χ1) is 9.69. The third-order valence-electron chi connectivity index (χ3n) is 3.00. The Morgan fingerprint density at radius 1 is 1.35 bits per heavy atom. The van der Waals surface area contributed by atoms with Crippen LogP contribution in [0.4, 0.5) is 5.95 Å². The molecule has 0 atom stereocenters. The molecule has 102 valence electrons. The largest absolute Gasteiger partial charge is 0.466 e. The van der Waals surface area contributed by atoms with Crippen LogP contribution in [0, 0.1) is 6.92 Å². The van der Waals surface area contributed by atoms with Crippen LogP contribution in [-0.2, 0) is 0 Å². The Bertz CT molecular complexity index is 774. The van der Waals surface area contributed by atoms with E-state index in [-0.39, 0.29) is 17.9 Å². The molecule has 0 aliphatic heterocycles. The predicted molar refractivity (Wildman–Crippen MR) is 73.9 cm³/mol. The Balaban J connectivity index is 1.94. The van der Waals surface area contributed by atoms with Crippen LogP contribution in [0.25, 0.3) is 10.9 Å². The van der Waals surface area contributed by atoms with Crippen molar-refractivity contribution in [3.63, 3.8) is 0 Å². The number of rotatable bonds is 3. The highest BCUT2D eigenvalue weighted by atomic mass is 16.5. The van der Waals surface area contributed by atoms with Gasteiger partial charge in [-0.2, -0.15) is 4.98 Å². The van der Waals surface area contributed by atoms with E-state index in [1.807, 2.05) is 31.2 Å². The van der Waals surface area contributed by atoms with Crippen LogP contribution in [0.2, 0.25) is 0 Å². The summed E-state index contributed by atoms with van der Waals surface area (Å²) in [7, 11) is 1.46. The summed E-state index contributed by atoms with van der Waals surface area (Å²) in [5.41, 5.74) is 2.32. The van der Waals surface area contributed by atoms with Gasteiger partial charge in [0.15, 0.2) is 0 Å². The average molecular weight is 271 g/mol. The van der Waals surface area contributed by atoms with Crippen molar-refractivity contribution in [1.82, 2.24) is 20.2 Å². The fourth-order valence-corrected chi connectivity index (χ4v) is 2.13. The SMILES string of the molecule is COc1n[nH]c(NC(=O)c2c(C)[nH]c3ccccc23)n1. The van der Waals surface area contributed by atoms with E-state index < -0.39 is 0 Å². The normalized spacial score (nSPS) is 10.7. The van der Waals surface area contributed by atoms with E-state index >= 15 is 0 Å². The molecule has 3 rings (SSSR count). The fourth-order valence-electron chi connectivity index (χ4n) is 2.13. The minimum absolute atomic E-state index is 0.177. The number of methoxy groups -OCH3 is 1. The number of ether oxygens (including phenoxy) is 1. The summed E-state index contributed by atoms with van der Waals surface area (Å²) in [6, 6.07) is 7.81. The zero-order chi connectivity index (χ0) is 14.1. The molecule has 2 heterocycles. The number of aryl methyl sites for hydroxylation is 1. The zero-order valence-electron chi connectivity index (χ0n) is 11.0. The molecule has 0 radical (unpaired) electrons. The van der Waals surface area contributed by atoms with Crippen molar-refractivity contribution in [2.45, 2.75) is 6.92 Å². The highest BCUT2D eigenvalue weighted by Gasteiger charge is 2.17. The molecule has 3 N–H and O–H groups in total. The lowest BCUT2D eigenvalue weighted by Crippen LogP contribution is -2.13. The van der Waals surface area contributed by atoms with Gasteiger partial charge in [-0.1, -0.05) is 18.2 Å². The monoisotopic (exact) mass is 271 g/mol. The molecule has 1 amide bonds. The van der Waals surface area contributed by atoms with Crippen molar-refractivity contribution >= 4 is 22.8 Å². The summed E-state index contributed by atoms with van der Waals surface area (Å²) >= 11 is 0. The van der Waals surface area contributed by atoms with Gasteiger partial charge >= 0.3 is 6.01 Å². The number of fused-ring (bicyclic) bond motifs is 1. The molecule has 3 aromatic rings. The van der Waals surface area contributed by atoms with Crippen molar-refractivity contribution in [3.8, 4) is 6.01 Å². The molecule has 20 heavy (non-hydrogen) atoms. The minimum Gasteiger partial charge on any atom is -0.466 e. The molecule has 0 fully saturated rings. The number of para-hydroxylation sites is 1. The van der Waals surface area contributed by atoms with Gasteiger partial charge in [0.05, 0.1) is 12.7 Å². The standard InChI is InChI=1S/C13H13N5O2/c1-7-10(8-5-3-4-6-9(8)14-7)11(19)15-12-16-13(20-2)18-17-12/h3-6,14H,1-2H3,(H2,15,16,17,18,19). The van der Waals surface area contributed by atoms with Gasteiger partial charge in [0.25, 0.3) is 5.91 Å². The highest BCUT2D eigenvalue weighted by Crippen LogP contribution is 2.22. The maximum atomic E-state index is 12.3. The second-order valence-electron chi connectivity index (χ2n) is 4.30. The number of carbonyl (C=O) groups is 1. The topological polar surface area (TPSA) is 95.7 Å². The molecule has 7 heteroatoms. The summed E-state index contributed by atoms with van der Waals surface area (Å²) < 4.78 is 4.85. The summed E-state index contributed by atoms with van der Waals surface area (Å²) in [5.74, 6) is -0.00437. The van der Waals surface area contributed by atoms with Gasteiger partial charge in [0, 0.05) is 16.6 Å². The number of H-pyrrole nitrogens is 2. The molecule has 0 aliphatic rings. The van der Waals surface area contributed by atoms with Gasteiger partial charge in [0.1, 0.15) is 0 Å². The first-order valence-electron chi connectivity index (χ1n) is 6.04. The summed E-state index contributed by atoms with van der Waals surface area (Å²) in [5, 5.41) is 9.90. The van der Waals surface area contributed by atoms with Crippen molar-refractivity contribution in [2.24, 2.45) is 0 Å². The lowest BCUT2D eigenvalue weighted by atomic mass is 10.1. The number of nitrogens with zero attached hydrogens (tertiary/aromatic N) is 2. The zero-order valence-corrected chi connectivity index (χ0v) is 11.0. The van der Waals surface area contributed by atoms with Gasteiger partial charge in [-0.25, -0.2) is 5.10 Å². The summed E-state index contributed by atoms with van der Waals surface area (Å²) in [4.78, 5) is 19.5. The van der Waals surface area contributed by atoms with E-state index in [2.05, 4.69) is 25.5 Å². The number of anilines is 1. The van der Waals surface area contributed by atoms with E-state index in [0.717, 1.165) is 16.6 Å². The van der Waals surface area contributed by atoms with E-state index in [1.54, 1.807) is 0 Å². The molecular formula is C13H13N5O2. The Morgan fingerprint density at radius 2 is 2.15 bits per heavy atom. The van der Waals surface area contributed by atoms with Crippen molar-refractivity contribution in [3.05, 3.63) is 35.5 Å². The molecule has 0 aliphatic carbocycles. The number of hydrogen-bond acceptors (Lipinski definition) is 4. The smallest absolute Gasteiger partial charge is 0.336 e. The van der Waals surface area contributed by atoms with Crippen LogP contribution in [0.3, 0.4) is 0 Å². The molecule has 0 bridgehead atoms. The third kappa shape index (κ3) is 1.99. The van der Waals surface area contributed by atoms with Crippen LogP contribution in [0.15, 0.2) is 24.3 Å². The maximum absolute atomic E-state index is 12.3. The first kappa shape index (κ1) is 12.2. The van der Waals surface area contributed by atoms with Crippen LogP contribution < -0.4 is 10.1 Å². The second-order valence-corrected chi connectivity index (χ2v) is 4.30. The highest BCUT2D eigenvalue weighted by molar-refractivity contribution is 6.13. The lowest BCUT2D eigenvalue weighted by Gasteiger charge is -2.01. The Labute approximate surface area is 114 Å². The first-order valence-corrected chi connectivity index (χ1v) is 6.04. The number of hydrogen-bond donors (Lipinski definition) is 3. The molecule has 2 aromatic heterocycles. The molecule has 0 saturated heterocycles. The van der Waals surface area contributed by atoms with E-state index in [0.29, 0.717) is 5.56 Å². The molecule has 0 spiro atoms. The number of aromatic amines is 2. The average Bonchev–Trinajstić information content (AvgIpc) is 3.01. The van der Waals surface area contributed by atoms with Gasteiger partial charge in [-0.3, -0.25) is 10.1 Å². The molecule has 0 saturated carbocycles. The number of nitrogens with one attached hydrogen (secondary N) is 3. The van der Waals surface area contributed by atoms with Crippen LogP contribution >= 0.6 is 0 Å². The predicted octanol–water partition coefficient (Wildman–Crippen LogP) is 1.86. The van der Waals surface area contributed by atoms with Crippen molar-refractivity contribution in [2.75, 3.05) is 12.4 Å². The Morgan fingerprint density at radius 3 is 2.90 bits per heavy atom. The van der Waals surface area contributed by atoms with Gasteiger partial charge < -0.3 is 9.72 Å². The molecule has 7 nitrogen and oxygen atoms in total. The van der Waals surface area contributed by atoms with E-state index in [1.165, 1.54) is 7.11 Å². The van der Waals surface area contributed by atoms with E-state index in [9.17, 15) is 4.79 Å².